The Balaban J connectivity index is 1.58. The predicted octanol–water partition coefficient (Wildman–Crippen LogP) is 1.03. The van der Waals surface area contributed by atoms with Crippen molar-refractivity contribution in [2.24, 2.45) is 0 Å². The molecule has 39 heavy (non-hydrogen) atoms. The molecule has 12 nitrogen and oxygen atoms in total. The highest BCUT2D eigenvalue weighted by atomic mass is 16.5. The number of carbonyl (C=O) groups is 3. The molecule has 0 aromatic heterocycles. The van der Waals surface area contributed by atoms with Gasteiger partial charge in [-0.15, -0.1) is 0 Å². The number of aliphatic hydroxyl groups excluding tert-OH is 1. The molecule has 2 atom stereocenters. The smallest absolute Gasteiger partial charge is 0.315 e. The minimum Gasteiger partial charge on any atom is -0.491 e. The van der Waals surface area contributed by atoms with E-state index >= 15 is 0 Å². The number of likely N-dealkylation sites (tertiary alicyclic amines) is 1. The van der Waals surface area contributed by atoms with Gasteiger partial charge < -0.3 is 44.9 Å². The maximum Gasteiger partial charge on any atom is 0.315 e. The van der Waals surface area contributed by atoms with Crippen molar-refractivity contribution in [3.8, 4) is 17.2 Å². The molecule has 0 unspecified atom stereocenters. The Hall–Kier alpha value is -3.87. The second-order valence-electron chi connectivity index (χ2n) is 9.18. The molecule has 0 radical (unpaired) electrons. The summed E-state index contributed by atoms with van der Waals surface area (Å²) in [5.74, 6) is 0.666. The lowest BCUT2D eigenvalue weighted by Crippen LogP contribution is -2.58. The summed E-state index contributed by atoms with van der Waals surface area (Å²) in [7, 11) is 1.57. The molecule has 2 aromatic rings. The van der Waals surface area contributed by atoms with E-state index in [1.807, 2.05) is 18.2 Å². The van der Waals surface area contributed by atoms with E-state index < -0.39 is 18.7 Å². The van der Waals surface area contributed by atoms with Crippen molar-refractivity contribution in [1.29, 1.82) is 0 Å². The van der Waals surface area contributed by atoms with Gasteiger partial charge in [0.05, 0.1) is 25.4 Å². The summed E-state index contributed by atoms with van der Waals surface area (Å²) >= 11 is 0. The van der Waals surface area contributed by atoms with Gasteiger partial charge in [-0.05, 0) is 36.2 Å². The number of piperidine rings is 1. The maximum absolute atomic E-state index is 12.9. The van der Waals surface area contributed by atoms with E-state index in [1.54, 1.807) is 31.4 Å². The minimum atomic E-state index is -0.587. The molecule has 4 N–H and O–H groups in total. The van der Waals surface area contributed by atoms with Crippen LogP contribution in [0.1, 0.15) is 22.3 Å². The Morgan fingerprint density at radius 2 is 1.95 bits per heavy atom. The molecule has 1 saturated heterocycles. The number of benzene rings is 2. The quantitative estimate of drug-likeness (QED) is 0.410. The number of ether oxygens (including phenoxy) is 4. The summed E-state index contributed by atoms with van der Waals surface area (Å²) in [6.07, 6.45) is -0.0284. The molecule has 1 fully saturated rings. The predicted molar refractivity (Wildman–Crippen MR) is 140 cm³/mol. The number of methoxy groups -OCH3 is 1. The van der Waals surface area contributed by atoms with Crippen molar-refractivity contribution in [1.82, 2.24) is 20.9 Å². The van der Waals surface area contributed by atoms with Crippen LogP contribution >= 0.6 is 0 Å². The Labute approximate surface area is 226 Å². The number of aliphatic hydroxyl groups is 1. The van der Waals surface area contributed by atoms with Crippen molar-refractivity contribution in [2.45, 2.75) is 25.2 Å². The maximum atomic E-state index is 12.9. The molecular formula is C27H34N4O8. The first-order valence-electron chi connectivity index (χ1n) is 12.8. The zero-order valence-electron chi connectivity index (χ0n) is 21.8. The first-order valence-corrected chi connectivity index (χ1v) is 12.8. The second-order valence-corrected chi connectivity index (χ2v) is 9.18. The molecule has 210 valence electrons. The summed E-state index contributed by atoms with van der Waals surface area (Å²) in [5, 5.41) is 17.7. The Morgan fingerprint density at radius 3 is 2.77 bits per heavy atom. The third-order valence-corrected chi connectivity index (χ3v) is 6.36. The normalized spacial score (nSPS) is 20.2. The lowest BCUT2D eigenvalue weighted by molar-refractivity contribution is -0.139. The van der Waals surface area contributed by atoms with Gasteiger partial charge in [0.25, 0.3) is 5.91 Å². The monoisotopic (exact) mass is 542 g/mol. The van der Waals surface area contributed by atoms with Gasteiger partial charge in [-0.25, -0.2) is 4.79 Å². The summed E-state index contributed by atoms with van der Waals surface area (Å²) in [6.45, 7) is 1.32. The van der Waals surface area contributed by atoms with Crippen LogP contribution in [0.3, 0.4) is 0 Å². The summed E-state index contributed by atoms with van der Waals surface area (Å²) in [5.41, 5.74) is 1.16. The van der Waals surface area contributed by atoms with E-state index in [9.17, 15) is 19.5 Å². The lowest BCUT2D eigenvalue weighted by atomic mass is 10.0. The molecule has 4 rings (SSSR count). The fourth-order valence-electron chi connectivity index (χ4n) is 4.38. The number of carbonyl (C=O) groups excluding carboxylic acids is 3. The third-order valence-electron chi connectivity index (χ3n) is 6.36. The minimum absolute atomic E-state index is 0.197. The number of nitrogens with zero attached hydrogens (tertiary/aromatic N) is 1. The molecule has 0 aliphatic carbocycles. The number of fused-ring (bicyclic) bond motifs is 5. The highest BCUT2D eigenvalue weighted by Crippen LogP contribution is 2.29. The summed E-state index contributed by atoms with van der Waals surface area (Å²) < 4.78 is 23.0. The van der Waals surface area contributed by atoms with Gasteiger partial charge in [-0.2, -0.15) is 0 Å². The van der Waals surface area contributed by atoms with Crippen LogP contribution in [0.25, 0.3) is 0 Å². The van der Waals surface area contributed by atoms with E-state index in [4.69, 9.17) is 18.9 Å². The lowest BCUT2D eigenvalue weighted by Gasteiger charge is -2.38. The van der Waals surface area contributed by atoms with E-state index in [2.05, 4.69) is 16.0 Å². The van der Waals surface area contributed by atoms with E-state index in [0.717, 1.165) is 5.56 Å². The van der Waals surface area contributed by atoms with Crippen LogP contribution < -0.4 is 25.4 Å². The van der Waals surface area contributed by atoms with Gasteiger partial charge in [0.2, 0.25) is 5.91 Å². The van der Waals surface area contributed by atoms with E-state index in [-0.39, 0.29) is 44.1 Å². The van der Waals surface area contributed by atoms with Crippen LogP contribution in [0.2, 0.25) is 0 Å². The van der Waals surface area contributed by atoms with E-state index in [0.29, 0.717) is 49.0 Å². The van der Waals surface area contributed by atoms with Crippen molar-refractivity contribution in [2.75, 3.05) is 53.1 Å². The summed E-state index contributed by atoms with van der Waals surface area (Å²) in [4.78, 5) is 39.1. The molecule has 2 aliphatic rings. The zero-order chi connectivity index (χ0) is 27.6. The van der Waals surface area contributed by atoms with Crippen molar-refractivity contribution in [3.63, 3.8) is 0 Å². The Kier molecular flexibility index (Phi) is 9.95. The number of amides is 4. The van der Waals surface area contributed by atoms with Gasteiger partial charge >= 0.3 is 6.03 Å². The van der Waals surface area contributed by atoms with Crippen molar-refractivity contribution in [3.05, 3.63) is 53.6 Å². The standard InChI is InChI=1S/C27H34N4O8/c1-36-9-10-37-21-12-19-13-22(14-21)39-20-4-2-3-18(11-20)17-38-24-15-31(25(33)16-32)8-5-23(24)30-27(35)29-7-6-28-26(19)34/h2-4,11-14,23-24,32H,5-10,15-17H2,1H3,(H,28,34)(H2,29,30,35)/t23-,24-/m0/s1. The number of hydrogen-bond donors (Lipinski definition) is 4. The van der Waals surface area contributed by atoms with Crippen LogP contribution in [0.15, 0.2) is 42.5 Å². The topological polar surface area (TPSA) is 148 Å². The van der Waals surface area contributed by atoms with Crippen LogP contribution in [-0.4, -0.2) is 93.1 Å². The zero-order valence-corrected chi connectivity index (χ0v) is 21.8. The van der Waals surface area contributed by atoms with Gasteiger partial charge in [-0.1, -0.05) is 12.1 Å². The van der Waals surface area contributed by atoms with Gasteiger partial charge in [0, 0.05) is 44.9 Å². The fraction of sp³-hybridized carbons (Fsp3) is 0.444. The molecule has 4 amide bonds. The molecule has 12 heteroatoms. The molecule has 0 saturated carbocycles. The average Bonchev–Trinajstić information content (AvgIpc) is 2.94. The molecule has 2 aromatic carbocycles. The Bertz CT molecular complexity index is 1160. The Morgan fingerprint density at radius 1 is 1.10 bits per heavy atom. The number of urea groups is 1. The highest BCUT2D eigenvalue weighted by molar-refractivity contribution is 5.95. The second kappa shape index (κ2) is 13.8. The van der Waals surface area contributed by atoms with Gasteiger partial charge in [0.1, 0.15) is 30.5 Å². The SMILES string of the molecule is COCCOc1cc2cc(c1)C(=O)NCCNC(=O)N[C@H]1CCN(C(=O)CO)C[C@@H]1OCc1cccc(c1)O2. The number of hydrogen-bond acceptors (Lipinski definition) is 8. The van der Waals surface area contributed by atoms with Crippen LogP contribution in [0.5, 0.6) is 17.2 Å². The molecular weight excluding hydrogens is 508 g/mol. The van der Waals surface area contributed by atoms with Crippen molar-refractivity contribution >= 4 is 17.8 Å². The van der Waals surface area contributed by atoms with Crippen LogP contribution in [-0.2, 0) is 20.9 Å². The molecule has 2 heterocycles. The molecule has 0 spiro atoms. The van der Waals surface area contributed by atoms with Crippen LogP contribution in [0.4, 0.5) is 4.79 Å². The van der Waals surface area contributed by atoms with Gasteiger partial charge in [-0.3, -0.25) is 9.59 Å². The number of nitrogens with one attached hydrogen (secondary N) is 3. The van der Waals surface area contributed by atoms with Crippen molar-refractivity contribution < 1.29 is 38.4 Å². The fourth-order valence-corrected chi connectivity index (χ4v) is 4.38. The first-order chi connectivity index (χ1) is 18.9. The largest absolute Gasteiger partial charge is 0.491 e. The highest BCUT2D eigenvalue weighted by Gasteiger charge is 2.33. The molecule has 2 aliphatic heterocycles. The van der Waals surface area contributed by atoms with Gasteiger partial charge in [0.15, 0.2) is 0 Å². The first kappa shape index (κ1) is 28.1. The average molecular weight is 543 g/mol. The summed E-state index contributed by atoms with van der Waals surface area (Å²) in [6, 6.07) is 11.5. The molecule has 4 bridgehead atoms. The third kappa shape index (κ3) is 8.06. The number of rotatable bonds is 5. The van der Waals surface area contributed by atoms with E-state index in [1.165, 1.54) is 4.90 Å². The van der Waals surface area contributed by atoms with Crippen LogP contribution in [0, 0.1) is 0 Å².